The number of methoxy groups -OCH3 is 1. The second-order valence-electron chi connectivity index (χ2n) is 9.90. The molecule has 5 rings (SSSR count). The summed E-state index contributed by atoms with van der Waals surface area (Å²) in [4.78, 5) is 0.565. The molecule has 0 radical (unpaired) electrons. The summed E-state index contributed by atoms with van der Waals surface area (Å²) in [6, 6.07) is 30.9. The van der Waals surface area contributed by atoms with Crippen molar-refractivity contribution in [2.45, 2.75) is 50.2 Å². The van der Waals surface area contributed by atoms with E-state index in [0.717, 1.165) is 37.0 Å². The number of aliphatic hydroxyl groups excluding tert-OH is 1. The van der Waals surface area contributed by atoms with Gasteiger partial charge in [0.05, 0.1) is 18.6 Å². The van der Waals surface area contributed by atoms with Crippen molar-refractivity contribution in [2.75, 3.05) is 13.7 Å². The molecule has 0 amide bonds. The third-order valence-electron chi connectivity index (χ3n) is 6.98. The Labute approximate surface area is 251 Å². The molecule has 1 atom stereocenters. The molecule has 0 saturated heterocycles. The van der Waals surface area contributed by atoms with Gasteiger partial charge >= 0.3 is 0 Å². The fourth-order valence-corrected chi connectivity index (χ4v) is 5.27. The van der Waals surface area contributed by atoms with Crippen LogP contribution in [-0.4, -0.2) is 23.0 Å². The second-order valence-corrected chi connectivity index (χ2v) is 11.0. The molecular weight excluding hydrogens is 546 g/mol. The van der Waals surface area contributed by atoms with Gasteiger partial charge in [-0.1, -0.05) is 78.4 Å². The Morgan fingerprint density at radius 3 is 2.26 bits per heavy atom. The molecule has 0 aromatic heterocycles. The van der Waals surface area contributed by atoms with Crippen molar-refractivity contribution in [3.63, 3.8) is 0 Å². The Balaban J connectivity index is 0.000000208. The van der Waals surface area contributed by atoms with Gasteiger partial charge < -0.3 is 24.5 Å². The molecule has 1 unspecified atom stereocenters. The Morgan fingerprint density at radius 2 is 1.62 bits per heavy atom. The monoisotopic (exact) mass is 585 g/mol. The summed E-state index contributed by atoms with van der Waals surface area (Å²) in [6.07, 6.45) is 7.40. The molecule has 1 aliphatic rings. The molecule has 7 heteroatoms. The molecule has 4 aromatic rings. The van der Waals surface area contributed by atoms with Crippen molar-refractivity contribution < 1.29 is 23.0 Å². The van der Waals surface area contributed by atoms with E-state index in [4.69, 9.17) is 19.4 Å². The van der Waals surface area contributed by atoms with Gasteiger partial charge in [0, 0.05) is 5.56 Å². The van der Waals surface area contributed by atoms with Gasteiger partial charge in [0.25, 0.3) is 0 Å². The highest BCUT2D eigenvalue weighted by atomic mass is 32.2. The maximum Gasteiger partial charge on any atom is 0.240 e. The third kappa shape index (κ3) is 9.05. The predicted octanol–water partition coefficient (Wildman–Crippen LogP) is 6.71. The quantitative estimate of drug-likeness (QED) is 0.180. The summed E-state index contributed by atoms with van der Waals surface area (Å²) in [7, 11) is 1.53. The molecule has 0 bridgehead atoms. The number of rotatable bonds is 12. The van der Waals surface area contributed by atoms with Gasteiger partial charge in [0.1, 0.15) is 12.4 Å². The van der Waals surface area contributed by atoms with Crippen LogP contribution in [0.2, 0.25) is 0 Å². The summed E-state index contributed by atoms with van der Waals surface area (Å²) < 4.78 is 29.3. The van der Waals surface area contributed by atoms with Gasteiger partial charge in [-0.15, -0.1) is 0 Å². The summed E-state index contributed by atoms with van der Waals surface area (Å²) in [5, 5.41) is 9.88. The van der Waals surface area contributed by atoms with Crippen LogP contribution in [0.15, 0.2) is 114 Å². The summed E-state index contributed by atoms with van der Waals surface area (Å²) in [5.74, 6) is 1.71. The fraction of sp³-hybridized carbons (Fsp3) is 0.257. The van der Waals surface area contributed by atoms with Gasteiger partial charge in [0.15, 0.2) is 11.5 Å². The minimum atomic E-state index is -1.68. The van der Waals surface area contributed by atoms with Crippen molar-refractivity contribution >= 4 is 11.1 Å². The number of aliphatic hydroxyl groups is 1. The van der Waals surface area contributed by atoms with E-state index in [-0.39, 0.29) is 6.61 Å². The molecule has 4 aromatic carbocycles. The number of hydrogen-bond acceptors (Lipinski definition) is 6. The van der Waals surface area contributed by atoms with Crippen LogP contribution in [0.4, 0.5) is 0 Å². The van der Waals surface area contributed by atoms with Crippen molar-refractivity contribution in [1.29, 1.82) is 0 Å². The van der Waals surface area contributed by atoms with Crippen LogP contribution in [-0.2, 0) is 37.1 Å². The largest absolute Gasteiger partial charge is 0.493 e. The lowest BCUT2D eigenvalue weighted by Gasteiger charge is -2.18. The van der Waals surface area contributed by atoms with E-state index in [2.05, 4.69) is 30.3 Å². The lowest BCUT2D eigenvalue weighted by molar-refractivity contribution is 0.275. The zero-order chi connectivity index (χ0) is 29.6. The van der Waals surface area contributed by atoms with Crippen LogP contribution in [0.5, 0.6) is 17.2 Å². The molecule has 1 saturated carbocycles. The molecular formula is C35H39NO5S. The minimum Gasteiger partial charge on any atom is -0.493 e. The molecule has 1 aliphatic carbocycles. The van der Waals surface area contributed by atoms with E-state index >= 15 is 0 Å². The predicted molar refractivity (Wildman–Crippen MR) is 168 cm³/mol. The zero-order valence-electron chi connectivity index (χ0n) is 24.0. The van der Waals surface area contributed by atoms with Crippen molar-refractivity contribution in [1.82, 2.24) is 0 Å². The van der Waals surface area contributed by atoms with Crippen molar-refractivity contribution in [2.24, 2.45) is 5.73 Å². The molecule has 0 heterocycles. The lowest BCUT2D eigenvalue weighted by Crippen LogP contribution is -2.07. The Kier molecular flexibility index (Phi) is 12.2. The molecule has 42 heavy (non-hydrogen) atoms. The summed E-state index contributed by atoms with van der Waals surface area (Å²) >= 11 is -1.68. The first-order valence-corrected chi connectivity index (χ1v) is 15.3. The smallest absolute Gasteiger partial charge is 0.240 e. The van der Waals surface area contributed by atoms with Crippen LogP contribution >= 0.6 is 0 Å². The number of nitrogens with two attached hydrogens (primary N) is 1. The number of allylic oxidation sites excluding steroid dienone is 2. The van der Waals surface area contributed by atoms with Crippen LogP contribution in [0.1, 0.15) is 41.5 Å². The standard InChI is InChI=1S/C20H22O4S.C15H17NO/c1-23-19-13-12-16(11-10-15-6-5-7-15)18(14-21)20(19)24-25(22)17-8-3-2-4-9-17;16-10-9-13-7-4-8-15(11-13)17-12-14-5-2-1-3-6-14/h2-4,8-10,12-13,21H,5-7,11,14H2,1H3;1-8,11H,9-10,12,16H2. The van der Waals surface area contributed by atoms with E-state index in [1.165, 1.54) is 30.2 Å². The fourth-order valence-electron chi connectivity index (χ4n) is 4.46. The van der Waals surface area contributed by atoms with Crippen LogP contribution < -0.4 is 19.4 Å². The molecule has 3 N–H and O–H groups in total. The first-order chi connectivity index (χ1) is 20.6. The van der Waals surface area contributed by atoms with Crippen LogP contribution in [0.25, 0.3) is 0 Å². The average molecular weight is 586 g/mol. The van der Waals surface area contributed by atoms with Gasteiger partial charge in [0.2, 0.25) is 11.1 Å². The highest BCUT2D eigenvalue weighted by molar-refractivity contribution is 7.80. The number of benzene rings is 4. The molecule has 220 valence electrons. The van der Waals surface area contributed by atoms with Crippen LogP contribution in [0.3, 0.4) is 0 Å². The Morgan fingerprint density at radius 1 is 0.905 bits per heavy atom. The van der Waals surface area contributed by atoms with E-state index in [1.54, 1.807) is 18.2 Å². The lowest BCUT2D eigenvalue weighted by atomic mass is 9.90. The average Bonchev–Trinajstić information content (AvgIpc) is 3.01. The second kappa shape index (κ2) is 16.5. The minimum absolute atomic E-state index is 0.197. The Hall–Kier alpha value is -3.91. The maximum absolute atomic E-state index is 12.5. The van der Waals surface area contributed by atoms with Gasteiger partial charge in [-0.05, 0) is 85.7 Å². The van der Waals surface area contributed by atoms with Gasteiger partial charge in [-0.2, -0.15) is 0 Å². The van der Waals surface area contributed by atoms with Crippen molar-refractivity contribution in [3.8, 4) is 17.2 Å². The molecule has 0 aliphatic heterocycles. The molecule has 0 spiro atoms. The van der Waals surface area contributed by atoms with E-state index in [1.807, 2.05) is 54.6 Å². The first-order valence-electron chi connectivity index (χ1n) is 14.2. The third-order valence-corrected chi connectivity index (χ3v) is 7.96. The van der Waals surface area contributed by atoms with E-state index < -0.39 is 11.1 Å². The highest BCUT2D eigenvalue weighted by Crippen LogP contribution is 2.36. The SMILES string of the molecule is COc1ccc(CC=C2CCC2)c(CO)c1OS(=O)c1ccccc1.NCCc1cccc(OCc2ccccc2)c1. The summed E-state index contributed by atoms with van der Waals surface area (Å²) in [5.41, 5.74) is 11.0. The number of hydrogen-bond donors (Lipinski definition) is 2. The number of ether oxygens (including phenoxy) is 2. The highest BCUT2D eigenvalue weighted by Gasteiger charge is 2.19. The maximum atomic E-state index is 12.5. The normalized spacial score (nSPS) is 12.8. The van der Waals surface area contributed by atoms with Crippen molar-refractivity contribution in [3.05, 3.63) is 131 Å². The van der Waals surface area contributed by atoms with Crippen LogP contribution in [0, 0.1) is 0 Å². The molecule has 1 fully saturated rings. The van der Waals surface area contributed by atoms with Gasteiger partial charge in [-0.3, -0.25) is 0 Å². The van der Waals surface area contributed by atoms with Gasteiger partial charge in [-0.25, -0.2) is 4.21 Å². The van der Waals surface area contributed by atoms with E-state index in [9.17, 15) is 9.32 Å². The Bertz CT molecular complexity index is 1450. The van der Waals surface area contributed by atoms with E-state index in [0.29, 0.717) is 35.1 Å². The summed E-state index contributed by atoms with van der Waals surface area (Å²) in [6.45, 7) is 1.08. The zero-order valence-corrected chi connectivity index (χ0v) is 24.9. The molecule has 6 nitrogen and oxygen atoms in total. The topological polar surface area (TPSA) is 91.0 Å². The first kappa shape index (κ1) is 31.0.